The van der Waals surface area contributed by atoms with Gasteiger partial charge in [0.25, 0.3) is 0 Å². The number of ether oxygens (including phenoxy) is 1. The SMILES string of the molecule is N#CC(C#N)=Cc1c[nH]c2c(OCc3ccccc3)cccc12. The van der Waals surface area contributed by atoms with Crippen LogP contribution in [0, 0.1) is 22.7 Å². The van der Waals surface area contributed by atoms with Crippen molar-refractivity contribution >= 4 is 17.0 Å². The molecular weight excluding hydrogens is 286 g/mol. The van der Waals surface area contributed by atoms with E-state index in [1.165, 1.54) is 0 Å². The summed E-state index contributed by atoms with van der Waals surface area (Å²) in [5.41, 5.74) is 2.81. The van der Waals surface area contributed by atoms with E-state index in [9.17, 15) is 0 Å². The summed E-state index contributed by atoms with van der Waals surface area (Å²) in [6, 6.07) is 19.4. The molecule has 110 valence electrons. The first-order valence-electron chi connectivity index (χ1n) is 7.10. The normalized spacial score (nSPS) is 9.83. The van der Waals surface area contributed by atoms with Gasteiger partial charge in [-0.3, -0.25) is 0 Å². The van der Waals surface area contributed by atoms with Crippen LogP contribution in [0.1, 0.15) is 11.1 Å². The number of rotatable bonds is 4. The highest BCUT2D eigenvalue weighted by atomic mass is 16.5. The van der Waals surface area contributed by atoms with Gasteiger partial charge in [-0.05, 0) is 17.7 Å². The number of hydrogen-bond acceptors (Lipinski definition) is 3. The van der Waals surface area contributed by atoms with Crippen LogP contribution in [0.5, 0.6) is 5.75 Å². The molecule has 0 unspecified atom stereocenters. The summed E-state index contributed by atoms with van der Waals surface area (Å²) >= 11 is 0. The zero-order chi connectivity index (χ0) is 16.1. The van der Waals surface area contributed by atoms with Gasteiger partial charge in [-0.25, -0.2) is 0 Å². The van der Waals surface area contributed by atoms with Crippen LogP contribution < -0.4 is 4.74 Å². The van der Waals surface area contributed by atoms with Gasteiger partial charge in [0, 0.05) is 17.1 Å². The molecule has 2 aromatic carbocycles. The van der Waals surface area contributed by atoms with Crippen molar-refractivity contribution < 1.29 is 4.74 Å². The Bertz CT molecular complexity index is 924. The molecule has 0 spiro atoms. The van der Waals surface area contributed by atoms with Crippen molar-refractivity contribution in [3.8, 4) is 17.9 Å². The summed E-state index contributed by atoms with van der Waals surface area (Å²) in [4.78, 5) is 3.16. The maximum Gasteiger partial charge on any atom is 0.143 e. The lowest BCUT2D eigenvalue weighted by Gasteiger charge is -2.07. The summed E-state index contributed by atoms with van der Waals surface area (Å²) < 4.78 is 5.89. The fourth-order valence-corrected chi connectivity index (χ4v) is 2.37. The van der Waals surface area contributed by atoms with E-state index in [1.807, 2.05) is 60.7 Å². The minimum atomic E-state index is 0.0708. The molecule has 0 saturated carbocycles. The lowest BCUT2D eigenvalue weighted by molar-refractivity contribution is 0.309. The van der Waals surface area contributed by atoms with Crippen LogP contribution in [-0.2, 0) is 6.61 Å². The van der Waals surface area contributed by atoms with Gasteiger partial charge in [0.15, 0.2) is 0 Å². The molecule has 0 fully saturated rings. The van der Waals surface area contributed by atoms with Gasteiger partial charge in [0.05, 0.1) is 5.52 Å². The van der Waals surface area contributed by atoms with Gasteiger partial charge in [0.2, 0.25) is 0 Å². The molecule has 1 aromatic heterocycles. The zero-order valence-electron chi connectivity index (χ0n) is 12.3. The van der Waals surface area contributed by atoms with Gasteiger partial charge < -0.3 is 9.72 Å². The summed E-state index contributed by atoms with van der Waals surface area (Å²) in [5, 5.41) is 18.7. The fraction of sp³-hybridized carbons (Fsp3) is 0.0526. The Morgan fingerprint density at radius 1 is 1.04 bits per heavy atom. The van der Waals surface area contributed by atoms with Crippen LogP contribution in [0.2, 0.25) is 0 Å². The van der Waals surface area contributed by atoms with E-state index in [0.29, 0.717) is 6.61 Å². The Morgan fingerprint density at radius 3 is 2.57 bits per heavy atom. The number of hydrogen-bond donors (Lipinski definition) is 1. The van der Waals surface area contributed by atoms with Gasteiger partial charge in [-0.2, -0.15) is 10.5 Å². The highest BCUT2D eigenvalue weighted by Gasteiger charge is 2.08. The number of nitriles is 2. The second-order valence-corrected chi connectivity index (χ2v) is 4.98. The molecule has 0 atom stereocenters. The Morgan fingerprint density at radius 2 is 1.83 bits per heavy atom. The minimum absolute atomic E-state index is 0.0708. The average Bonchev–Trinajstić information content (AvgIpc) is 3.02. The van der Waals surface area contributed by atoms with Crippen molar-refractivity contribution in [2.24, 2.45) is 0 Å². The van der Waals surface area contributed by atoms with E-state index in [0.717, 1.165) is 27.8 Å². The molecular formula is C19H13N3O. The fourth-order valence-electron chi connectivity index (χ4n) is 2.37. The first-order valence-corrected chi connectivity index (χ1v) is 7.10. The zero-order valence-corrected chi connectivity index (χ0v) is 12.3. The lowest BCUT2D eigenvalue weighted by Crippen LogP contribution is -1.95. The largest absolute Gasteiger partial charge is 0.487 e. The van der Waals surface area contributed by atoms with Crippen molar-refractivity contribution in [2.45, 2.75) is 6.61 Å². The molecule has 0 aliphatic rings. The van der Waals surface area contributed by atoms with E-state index in [2.05, 4.69) is 4.98 Å². The lowest BCUT2D eigenvalue weighted by atomic mass is 10.1. The minimum Gasteiger partial charge on any atom is -0.487 e. The third-order valence-electron chi connectivity index (χ3n) is 3.49. The highest BCUT2D eigenvalue weighted by molar-refractivity contribution is 5.93. The standard InChI is InChI=1S/C19H13N3O/c20-10-15(11-21)9-16-12-22-19-17(16)7-4-8-18(19)23-13-14-5-2-1-3-6-14/h1-9,12,22H,13H2. The molecule has 0 aliphatic carbocycles. The molecule has 4 nitrogen and oxygen atoms in total. The summed E-state index contributed by atoms with van der Waals surface area (Å²) in [5.74, 6) is 0.737. The third-order valence-corrected chi connectivity index (χ3v) is 3.49. The van der Waals surface area contributed by atoms with Gasteiger partial charge in [-0.1, -0.05) is 42.5 Å². The number of benzene rings is 2. The van der Waals surface area contributed by atoms with Crippen LogP contribution in [-0.4, -0.2) is 4.98 Å². The van der Waals surface area contributed by atoms with E-state index in [4.69, 9.17) is 15.3 Å². The van der Waals surface area contributed by atoms with Crippen molar-refractivity contribution in [3.05, 3.63) is 71.4 Å². The number of allylic oxidation sites excluding steroid dienone is 1. The molecule has 0 bridgehead atoms. The van der Waals surface area contributed by atoms with E-state index in [1.54, 1.807) is 12.3 Å². The molecule has 1 heterocycles. The smallest absolute Gasteiger partial charge is 0.143 e. The molecule has 3 rings (SSSR count). The second-order valence-electron chi connectivity index (χ2n) is 4.98. The molecule has 23 heavy (non-hydrogen) atoms. The number of nitrogens with one attached hydrogen (secondary N) is 1. The summed E-state index contributed by atoms with van der Waals surface area (Å²) in [6.07, 6.45) is 3.34. The molecule has 4 heteroatoms. The predicted molar refractivity (Wildman–Crippen MR) is 88.3 cm³/mol. The quantitative estimate of drug-likeness (QED) is 0.734. The second kappa shape index (κ2) is 6.51. The highest BCUT2D eigenvalue weighted by Crippen LogP contribution is 2.29. The monoisotopic (exact) mass is 299 g/mol. The van der Waals surface area contributed by atoms with Crippen molar-refractivity contribution in [1.82, 2.24) is 4.98 Å². The summed E-state index contributed by atoms with van der Waals surface area (Å²) in [6.45, 7) is 0.478. The van der Waals surface area contributed by atoms with Crippen LogP contribution in [0.3, 0.4) is 0 Å². The summed E-state index contributed by atoms with van der Waals surface area (Å²) in [7, 11) is 0. The Kier molecular flexibility index (Phi) is 4.09. The maximum atomic E-state index is 8.89. The van der Waals surface area contributed by atoms with Crippen molar-refractivity contribution in [1.29, 1.82) is 10.5 Å². The van der Waals surface area contributed by atoms with Gasteiger partial charge >= 0.3 is 0 Å². The van der Waals surface area contributed by atoms with Gasteiger partial charge in [-0.15, -0.1) is 0 Å². The van der Waals surface area contributed by atoms with Gasteiger partial charge in [0.1, 0.15) is 30.1 Å². The Balaban J connectivity index is 1.92. The molecule has 0 aliphatic heterocycles. The van der Waals surface area contributed by atoms with Crippen molar-refractivity contribution in [2.75, 3.05) is 0 Å². The van der Waals surface area contributed by atoms with Crippen LogP contribution in [0.25, 0.3) is 17.0 Å². The molecule has 0 amide bonds. The van der Waals surface area contributed by atoms with Crippen LogP contribution in [0.15, 0.2) is 60.3 Å². The molecule has 1 N–H and O–H groups in total. The van der Waals surface area contributed by atoms with E-state index in [-0.39, 0.29) is 5.57 Å². The number of aromatic amines is 1. The maximum absolute atomic E-state index is 8.89. The molecule has 0 saturated heterocycles. The van der Waals surface area contributed by atoms with Crippen molar-refractivity contribution in [3.63, 3.8) is 0 Å². The Hall–Kier alpha value is -3.50. The number of nitrogens with zero attached hydrogens (tertiary/aromatic N) is 2. The van der Waals surface area contributed by atoms with Crippen LogP contribution in [0.4, 0.5) is 0 Å². The molecule has 3 aromatic rings. The Labute approximate surface area is 133 Å². The topological polar surface area (TPSA) is 72.6 Å². The predicted octanol–water partition coefficient (Wildman–Crippen LogP) is 4.18. The third kappa shape index (κ3) is 3.07. The van der Waals surface area contributed by atoms with E-state index < -0.39 is 0 Å². The molecule has 0 radical (unpaired) electrons. The number of fused-ring (bicyclic) bond motifs is 1. The first kappa shape index (κ1) is 14.4. The van der Waals surface area contributed by atoms with E-state index >= 15 is 0 Å². The average molecular weight is 299 g/mol. The number of H-pyrrole nitrogens is 1. The number of para-hydroxylation sites is 1. The van der Waals surface area contributed by atoms with Crippen LogP contribution >= 0.6 is 0 Å². The number of aromatic nitrogens is 1. The first-order chi connectivity index (χ1) is 11.3.